The van der Waals surface area contributed by atoms with Crippen molar-refractivity contribution in [2.75, 3.05) is 0 Å². The minimum absolute atomic E-state index is 0.177. The monoisotopic (exact) mass is 278 g/mol. The van der Waals surface area contributed by atoms with Gasteiger partial charge in [-0.25, -0.2) is 0 Å². The van der Waals surface area contributed by atoms with Crippen molar-refractivity contribution >= 4 is 0 Å². The van der Waals surface area contributed by atoms with Gasteiger partial charge >= 0.3 is 0 Å². The lowest BCUT2D eigenvalue weighted by molar-refractivity contribution is 0.125. The van der Waals surface area contributed by atoms with Crippen LogP contribution in [-0.2, 0) is 10.8 Å². The average Bonchev–Trinajstić information content (AvgIpc) is 2.56. The number of fused-ring (bicyclic) bond motifs is 1. The van der Waals surface area contributed by atoms with Gasteiger partial charge in [0.2, 0.25) is 0 Å². The first-order chi connectivity index (χ1) is 9.69. The molecule has 0 atom stereocenters. The smallest absolute Gasteiger partial charge is 0.00410 e. The van der Waals surface area contributed by atoms with Crippen molar-refractivity contribution in [3.05, 3.63) is 59.7 Å². The number of hydrogen-bond donors (Lipinski definition) is 0. The van der Waals surface area contributed by atoms with Gasteiger partial charge in [-0.1, -0.05) is 90.1 Å². The molecule has 1 aliphatic carbocycles. The van der Waals surface area contributed by atoms with Crippen molar-refractivity contribution in [2.45, 2.75) is 52.4 Å². The minimum Gasteiger partial charge on any atom is -0.0622 e. The number of benzene rings is 2. The first kappa shape index (κ1) is 14.4. The normalized spacial score (nSPS) is 21.0. The van der Waals surface area contributed by atoms with Gasteiger partial charge < -0.3 is 0 Å². The summed E-state index contributed by atoms with van der Waals surface area (Å²) in [7, 11) is 0. The van der Waals surface area contributed by atoms with Crippen LogP contribution in [0.5, 0.6) is 0 Å². The van der Waals surface area contributed by atoms with Crippen LogP contribution in [0, 0.1) is 5.41 Å². The summed E-state index contributed by atoms with van der Waals surface area (Å²) in [5.74, 6) is 0. The lowest BCUT2D eigenvalue weighted by atomic mass is 9.59. The number of hydrogen-bond acceptors (Lipinski definition) is 0. The fourth-order valence-corrected chi connectivity index (χ4v) is 3.87. The third-order valence-corrected chi connectivity index (χ3v) is 6.60. The fourth-order valence-electron chi connectivity index (χ4n) is 3.87. The van der Waals surface area contributed by atoms with Crippen LogP contribution in [0.4, 0.5) is 0 Å². The predicted molar refractivity (Wildman–Crippen MR) is 91.7 cm³/mol. The zero-order chi connectivity index (χ0) is 15.5. The summed E-state index contributed by atoms with van der Waals surface area (Å²) >= 11 is 0. The van der Waals surface area contributed by atoms with Crippen LogP contribution >= 0.6 is 0 Å². The van der Waals surface area contributed by atoms with Crippen molar-refractivity contribution < 1.29 is 0 Å². The quantitative estimate of drug-likeness (QED) is 0.604. The van der Waals surface area contributed by atoms with Crippen LogP contribution in [-0.4, -0.2) is 0 Å². The van der Waals surface area contributed by atoms with Gasteiger partial charge in [0.1, 0.15) is 0 Å². The third-order valence-electron chi connectivity index (χ3n) is 6.60. The SMILES string of the molecule is CC1(C)c2ccc(-c3ccccc3)cc2C(C)(C)C1(C)C. The van der Waals surface area contributed by atoms with Gasteiger partial charge in [-0.2, -0.15) is 0 Å². The first-order valence-corrected chi connectivity index (χ1v) is 7.90. The molecule has 0 saturated carbocycles. The molecule has 3 rings (SSSR count). The Morgan fingerprint density at radius 3 is 1.76 bits per heavy atom. The highest BCUT2D eigenvalue weighted by Crippen LogP contribution is 2.61. The molecule has 0 nitrogen and oxygen atoms in total. The van der Waals surface area contributed by atoms with Crippen LogP contribution < -0.4 is 0 Å². The summed E-state index contributed by atoms with van der Waals surface area (Å²) in [6.45, 7) is 14.4. The van der Waals surface area contributed by atoms with Gasteiger partial charge in [-0.05, 0) is 38.5 Å². The van der Waals surface area contributed by atoms with Crippen LogP contribution in [0.1, 0.15) is 52.7 Å². The fraction of sp³-hybridized carbons (Fsp3) is 0.429. The highest BCUT2D eigenvalue weighted by Gasteiger charge is 2.56. The third kappa shape index (κ3) is 1.75. The van der Waals surface area contributed by atoms with E-state index in [0.717, 1.165) is 0 Å². The second-order valence-electron chi connectivity index (χ2n) is 8.00. The van der Waals surface area contributed by atoms with Gasteiger partial charge in [0.05, 0.1) is 0 Å². The Labute approximate surface area is 129 Å². The van der Waals surface area contributed by atoms with Gasteiger partial charge in [0, 0.05) is 0 Å². The zero-order valence-corrected chi connectivity index (χ0v) is 14.1. The van der Waals surface area contributed by atoms with E-state index in [-0.39, 0.29) is 16.2 Å². The molecule has 0 fully saturated rings. The molecule has 110 valence electrons. The molecule has 2 aromatic rings. The van der Waals surface area contributed by atoms with Crippen LogP contribution in [0.15, 0.2) is 48.5 Å². The maximum atomic E-state index is 2.42. The van der Waals surface area contributed by atoms with E-state index in [0.29, 0.717) is 0 Å². The number of rotatable bonds is 1. The van der Waals surface area contributed by atoms with Gasteiger partial charge in [-0.3, -0.25) is 0 Å². The maximum absolute atomic E-state index is 2.42. The summed E-state index contributed by atoms with van der Waals surface area (Å²) in [6.07, 6.45) is 0. The molecule has 2 aromatic carbocycles. The molecular formula is C21H26. The van der Waals surface area contributed by atoms with Crippen molar-refractivity contribution in [1.29, 1.82) is 0 Å². The molecular weight excluding hydrogens is 252 g/mol. The molecule has 0 N–H and O–H groups in total. The zero-order valence-electron chi connectivity index (χ0n) is 14.1. The van der Waals surface area contributed by atoms with Gasteiger partial charge in [-0.15, -0.1) is 0 Å². The summed E-state index contributed by atoms with van der Waals surface area (Å²) < 4.78 is 0. The van der Waals surface area contributed by atoms with E-state index >= 15 is 0 Å². The Morgan fingerprint density at radius 2 is 1.14 bits per heavy atom. The summed E-state index contributed by atoms with van der Waals surface area (Å²) in [6, 6.07) is 17.7. The standard InChI is InChI=1S/C21H26/c1-19(2)17-13-12-16(15-10-8-7-9-11-15)14-18(17)20(3,4)21(19,5)6/h7-14H,1-6H3. The van der Waals surface area contributed by atoms with Gasteiger partial charge in [0.25, 0.3) is 0 Å². The summed E-state index contributed by atoms with van der Waals surface area (Å²) in [4.78, 5) is 0. The highest BCUT2D eigenvalue weighted by molar-refractivity contribution is 5.67. The molecule has 0 saturated heterocycles. The molecule has 0 aromatic heterocycles. The van der Waals surface area contributed by atoms with Crippen molar-refractivity contribution in [2.24, 2.45) is 5.41 Å². The molecule has 0 heterocycles. The predicted octanol–water partition coefficient (Wildman–Crippen LogP) is 5.95. The first-order valence-electron chi connectivity index (χ1n) is 7.90. The Kier molecular flexibility index (Phi) is 2.89. The second kappa shape index (κ2) is 4.22. The molecule has 0 spiro atoms. The molecule has 0 heteroatoms. The van der Waals surface area contributed by atoms with Crippen LogP contribution in [0.25, 0.3) is 11.1 Å². The lowest BCUT2D eigenvalue weighted by Crippen LogP contribution is -2.42. The molecule has 0 aliphatic heterocycles. The van der Waals surface area contributed by atoms with E-state index in [9.17, 15) is 0 Å². The van der Waals surface area contributed by atoms with E-state index < -0.39 is 0 Å². The van der Waals surface area contributed by atoms with E-state index in [1.54, 1.807) is 0 Å². The van der Waals surface area contributed by atoms with Crippen molar-refractivity contribution in [3.8, 4) is 11.1 Å². The highest BCUT2D eigenvalue weighted by atomic mass is 14.6. The Bertz CT molecular complexity index is 672. The molecule has 0 bridgehead atoms. The minimum atomic E-state index is 0.177. The lowest BCUT2D eigenvalue weighted by Gasteiger charge is -2.44. The average molecular weight is 278 g/mol. The van der Waals surface area contributed by atoms with E-state index in [1.165, 1.54) is 22.3 Å². The van der Waals surface area contributed by atoms with E-state index in [1.807, 2.05) is 0 Å². The van der Waals surface area contributed by atoms with Crippen LogP contribution in [0.3, 0.4) is 0 Å². The molecule has 21 heavy (non-hydrogen) atoms. The van der Waals surface area contributed by atoms with E-state index in [2.05, 4.69) is 90.1 Å². The summed E-state index contributed by atoms with van der Waals surface area (Å²) in [5.41, 5.74) is 6.26. The molecule has 0 amide bonds. The molecule has 0 unspecified atom stereocenters. The summed E-state index contributed by atoms with van der Waals surface area (Å²) in [5, 5.41) is 0. The van der Waals surface area contributed by atoms with E-state index in [4.69, 9.17) is 0 Å². The Hall–Kier alpha value is -1.56. The Morgan fingerprint density at radius 1 is 0.571 bits per heavy atom. The second-order valence-corrected chi connectivity index (χ2v) is 8.00. The molecule has 0 radical (unpaired) electrons. The van der Waals surface area contributed by atoms with Crippen molar-refractivity contribution in [1.82, 2.24) is 0 Å². The van der Waals surface area contributed by atoms with Crippen molar-refractivity contribution in [3.63, 3.8) is 0 Å². The largest absolute Gasteiger partial charge is 0.0622 e. The topological polar surface area (TPSA) is 0 Å². The molecule has 1 aliphatic rings. The maximum Gasteiger partial charge on any atom is -0.00410 e. The Balaban J connectivity index is 2.22. The van der Waals surface area contributed by atoms with Gasteiger partial charge in [0.15, 0.2) is 0 Å². The van der Waals surface area contributed by atoms with Crippen LogP contribution in [0.2, 0.25) is 0 Å².